The second-order valence-corrected chi connectivity index (χ2v) is 7.79. The summed E-state index contributed by atoms with van der Waals surface area (Å²) >= 11 is 5.15. The first-order valence-electron chi connectivity index (χ1n) is 8.51. The van der Waals surface area contributed by atoms with E-state index in [1.165, 1.54) is 5.56 Å². The van der Waals surface area contributed by atoms with Crippen molar-refractivity contribution in [1.82, 2.24) is 14.8 Å². The molecule has 0 spiro atoms. The summed E-state index contributed by atoms with van der Waals surface area (Å²) in [4.78, 5) is 0. The van der Waals surface area contributed by atoms with Gasteiger partial charge < -0.3 is 4.57 Å². The molecule has 0 saturated carbocycles. The molecule has 0 saturated heterocycles. The standard InChI is InChI=1S/C20H19BrN4S/c21-18-10-8-17(9-11-18)19-23-24-20(26-15-5-4-13-22)25(19)14-12-16-6-2-1-3-7-16/h1-3,6-11H,4-5,12,14-15H2. The molecule has 1 heterocycles. The summed E-state index contributed by atoms with van der Waals surface area (Å²) in [5.41, 5.74) is 2.35. The fraction of sp³-hybridized carbons (Fsp3) is 0.250. The van der Waals surface area contributed by atoms with Crippen LogP contribution in [0.4, 0.5) is 0 Å². The predicted molar refractivity (Wildman–Crippen MR) is 109 cm³/mol. The Balaban J connectivity index is 1.82. The molecule has 0 bridgehead atoms. The third kappa shape index (κ3) is 4.96. The number of unbranched alkanes of at least 4 members (excludes halogenated alkanes) is 1. The van der Waals surface area contributed by atoms with Gasteiger partial charge in [0, 0.05) is 28.8 Å². The van der Waals surface area contributed by atoms with Crippen LogP contribution >= 0.6 is 27.7 Å². The molecule has 0 aliphatic heterocycles. The van der Waals surface area contributed by atoms with Crippen molar-refractivity contribution in [3.63, 3.8) is 0 Å². The van der Waals surface area contributed by atoms with Crippen LogP contribution in [-0.4, -0.2) is 20.5 Å². The molecular weight excluding hydrogens is 408 g/mol. The lowest BCUT2D eigenvalue weighted by atomic mass is 10.1. The number of nitriles is 1. The molecule has 2 aromatic carbocycles. The molecule has 6 heteroatoms. The zero-order valence-electron chi connectivity index (χ0n) is 14.3. The van der Waals surface area contributed by atoms with Gasteiger partial charge in [0.1, 0.15) is 0 Å². The van der Waals surface area contributed by atoms with Crippen LogP contribution in [0.5, 0.6) is 0 Å². The van der Waals surface area contributed by atoms with E-state index < -0.39 is 0 Å². The van der Waals surface area contributed by atoms with Gasteiger partial charge in [-0.15, -0.1) is 10.2 Å². The van der Waals surface area contributed by atoms with E-state index in [0.717, 1.165) is 46.2 Å². The van der Waals surface area contributed by atoms with Gasteiger partial charge in [-0.25, -0.2) is 0 Å². The van der Waals surface area contributed by atoms with Gasteiger partial charge in [-0.1, -0.05) is 70.2 Å². The molecule has 4 nitrogen and oxygen atoms in total. The molecule has 0 unspecified atom stereocenters. The Hall–Kier alpha value is -2.10. The van der Waals surface area contributed by atoms with Gasteiger partial charge in [-0.2, -0.15) is 5.26 Å². The van der Waals surface area contributed by atoms with Crippen molar-refractivity contribution in [2.24, 2.45) is 0 Å². The minimum absolute atomic E-state index is 0.574. The number of aromatic nitrogens is 3. The van der Waals surface area contributed by atoms with Crippen molar-refractivity contribution in [1.29, 1.82) is 5.26 Å². The molecule has 0 aliphatic carbocycles. The van der Waals surface area contributed by atoms with Crippen LogP contribution in [0.2, 0.25) is 0 Å². The molecule has 0 amide bonds. The van der Waals surface area contributed by atoms with Gasteiger partial charge >= 0.3 is 0 Å². The van der Waals surface area contributed by atoms with Crippen molar-refractivity contribution in [3.05, 3.63) is 64.6 Å². The molecule has 0 radical (unpaired) electrons. The van der Waals surface area contributed by atoms with E-state index >= 15 is 0 Å². The lowest BCUT2D eigenvalue weighted by Gasteiger charge is -2.10. The lowest BCUT2D eigenvalue weighted by molar-refractivity contribution is 0.639. The number of thioether (sulfide) groups is 1. The normalized spacial score (nSPS) is 10.6. The first kappa shape index (κ1) is 18.7. The van der Waals surface area contributed by atoms with Crippen LogP contribution in [0, 0.1) is 11.3 Å². The molecule has 132 valence electrons. The van der Waals surface area contributed by atoms with Crippen LogP contribution < -0.4 is 0 Å². The van der Waals surface area contributed by atoms with Crippen molar-refractivity contribution < 1.29 is 0 Å². The van der Waals surface area contributed by atoms with Gasteiger partial charge in [-0.3, -0.25) is 0 Å². The Kier molecular flexibility index (Phi) is 6.87. The van der Waals surface area contributed by atoms with E-state index in [9.17, 15) is 0 Å². The Morgan fingerprint density at radius 2 is 1.81 bits per heavy atom. The summed E-state index contributed by atoms with van der Waals surface area (Å²) in [6.07, 6.45) is 2.36. The minimum atomic E-state index is 0.574. The molecule has 0 fully saturated rings. The molecule has 1 aromatic heterocycles. The van der Waals surface area contributed by atoms with Crippen LogP contribution in [0.3, 0.4) is 0 Å². The number of halogens is 1. The zero-order chi connectivity index (χ0) is 18.2. The average Bonchev–Trinajstić information content (AvgIpc) is 3.08. The quantitative estimate of drug-likeness (QED) is 0.359. The lowest BCUT2D eigenvalue weighted by Crippen LogP contribution is -2.05. The third-order valence-corrected chi connectivity index (χ3v) is 5.53. The summed E-state index contributed by atoms with van der Waals surface area (Å²) in [5.74, 6) is 1.76. The number of aryl methyl sites for hydroxylation is 1. The van der Waals surface area contributed by atoms with Gasteiger partial charge in [0.2, 0.25) is 0 Å². The molecule has 26 heavy (non-hydrogen) atoms. The predicted octanol–water partition coefficient (Wildman–Crippen LogP) is 5.35. The topological polar surface area (TPSA) is 54.5 Å². The van der Waals surface area contributed by atoms with Gasteiger partial charge in [0.05, 0.1) is 6.07 Å². The Morgan fingerprint density at radius 1 is 1.04 bits per heavy atom. The van der Waals surface area contributed by atoms with E-state index in [1.807, 2.05) is 18.2 Å². The Bertz CT molecular complexity index is 869. The summed E-state index contributed by atoms with van der Waals surface area (Å²) in [7, 11) is 0. The fourth-order valence-corrected chi connectivity index (χ4v) is 3.78. The Labute approximate surface area is 166 Å². The maximum Gasteiger partial charge on any atom is 0.191 e. The number of benzene rings is 2. The highest BCUT2D eigenvalue weighted by atomic mass is 79.9. The minimum Gasteiger partial charge on any atom is -0.302 e. The molecule has 3 aromatic rings. The van der Waals surface area contributed by atoms with Gasteiger partial charge in [0.15, 0.2) is 11.0 Å². The average molecular weight is 427 g/mol. The summed E-state index contributed by atoms with van der Waals surface area (Å²) in [5, 5.41) is 18.5. The van der Waals surface area contributed by atoms with E-state index in [2.05, 4.69) is 73.2 Å². The smallest absolute Gasteiger partial charge is 0.191 e. The Morgan fingerprint density at radius 3 is 2.54 bits per heavy atom. The van der Waals surface area contributed by atoms with Crippen molar-refractivity contribution >= 4 is 27.7 Å². The van der Waals surface area contributed by atoms with Crippen LogP contribution in [0.25, 0.3) is 11.4 Å². The molecular formula is C20H19BrN4S. The second kappa shape index (κ2) is 9.56. The number of rotatable bonds is 8. The second-order valence-electron chi connectivity index (χ2n) is 5.81. The zero-order valence-corrected chi connectivity index (χ0v) is 16.7. The summed E-state index contributed by atoms with van der Waals surface area (Å²) < 4.78 is 3.23. The van der Waals surface area contributed by atoms with Crippen LogP contribution in [0.1, 0.15) is 18.4 Å². The number of nitrogens with zero attached hydrogens (tertiary/aromatic N) is 4. The van der Waals surface area contributed by atoms with Crippen molar-refractivity contribution in [2.75, 3.05) is 5.75 Å². The van der Waals surface area contributed by atoms with Crippen molar-refractivity contribution in [2.45, 2.75) is 31.0 Å². The first-order valence-corrected chi connectivity index (χ1v) is 10.3. The molecule has 0 atom stereocenters. The van der Waals surface area contributed by atoms with E-state index in [-0.39, 0.29) is 0 Å². The number of hydrogen-bond donors (Lipinski definition) is 0. The highest BCUT2D eigenvalue weighted by molar-refractivity contribution is 9.10. The van der Waals surface area contributed by atoms with Crippen molar-refractivity contribution in [3.8, 4) is 17.5 Å². The largest absolute Gasteiger partial charge is 0.302 e. The maximum absolute atomic E-state index is 8.71. The van der Waals surface area contributed by atoms with Gasteiger partial charge in [0.25, 0.3) is 0 Å². The molecule has 0 N–H and O–H groups in total. The maximum atomic E-state index is 8.71. The number of hydrogen-bond acceptors (Lipinski definition) is 4. The first-order chi connectivity index (χ1) is 12.8. The SMILES string of the molecule is N#CCCCSc1nnc(-c2ccc(Br)cc2)n1CCc1ccccc1. The fourth-order valence-electron chi connectivity index (χ4n) is 2.61. The summed E-state index contributed by atoms with van der Waals surface area (Å²) in [6.45, 7) is 0.822. The van der Waals surface area contributed by atoms with Gasteiger partial charge in [-0.05, 0) is 30.5 Å². The molecule has 0 aliphatic rings. The van der Waals surface area contributed by atoms with E-state index in [0.29, 0.717) is 6.42 Å². The van der Waals surface area contributed by atoms with E-state index in [4.69, 9.17) is 5.26 Å². The summed E-state index contributed by atoms with van der Waals surface area (Å²) in [6, 6.07) is 20.8. The molecule has 3 rings (SSSR count). The monoisotopic (exact) mass is 426 g/mol. The third-order valence-electron chi connectivity index (χ3n) is 3.95. The van der Waals surface area contributed by atoms with Crippen LogP contribution in [0.15, 0.2) is 64.2 Å². The van der Waals surface area contributed by atoms with Crippen LogP contribution in [-0.2, 0) is 13.0 Å². The van der Waals surface area contributed by atoms with E-state index in [1.54, 1.807) is 11.8 Å². The highest BCUT2D eigenvalue weighted by Crippen LogP contribution is 2.26. The highest BCUT2D eigenvalue weighted by Gasteiger charge is 2.14.